The molecule has 0 saturated carbocycles. The molecule has 1 saturated heterocycles. The Kier molecular flexibility index (Phi) is 9.61. The van der Waals surface area contributed by atoms with Crippen LogP contribution in [0.1, 0.15) is 44.9 Å². The van der Waals surface area contributed by atoms with Gasteiger partial charge in [-0.15, -0.1) is 0 Å². The fourth-order valence-corrected chi connectivity index (χ4v) is 6.69. The van der Waals surface area contributed by atoms with Crippen molar-refractivity contribution in [1.29, 1.82) is 0 Å². The topological polar surface area (TPSA) is 151 Å². The van der Waals surface area contributed by atoms with E-state index in [4.69, 9.17) is 9.47 Å². The van der Waals surface area contributed by atoms with Crippen LogP contribution in [-0.4, -0.2) is 64.1 Å². The number of hydrogen-bond acceptors (Lipinski definition) is 9. The largest absolute Gasteiger partial charge is 0.614 e. The van der Waals surface area contributed by atoms with Crippen LogP contribution in [0.5, 0.6) is 0 Å². The summed E-state index contributed by atoms with van der Waals surface area (Å²) in [5, 5.41) is 1.08. The highest BCUT2D eigenvalue weighted by Crippen LogP contribution is 2.39. The van der Waals surface area contributed by atoms with Gasteiger partial charge in [0, 0.05) is 5.57 Å². The van der Waals surface area contributed by atoms with E-state index in [1.165, 1.54) is 0 Å². The zero-order valence-corrected chi connectivity index (χ0v) is 26.0. The first-order valence-corrected chi connectivity index (χ1v) is 16.1. The number of hydrogen-bond donors (Lipinski definition) is 1. The molecule has 242 valence electrons. The zero-order chi connectivity index (χ0) is 33.3. The van der Waals surface area contributed by atoms with E-state index >= 15 is 0 Å². The molecule has 0 radical (unpaired) electrons. The van der Waals surface area contributed by atoms with Gasteiger partial charge in [0.15, 0.2) is 12.1 Å². The van der Waals surface area contributed by atoms with Gasteiger partial charge in [0.05, 0.1) is 0 Å². The number of benzene rings is 2. The molecule has 16 heteroatoms. The van der Waals surface area contributed by atoms with Crippen LogP contribution in [0.25, 0.3) is 0 Å². The Labute approximate surface area is 260 Å². The molecule has 0 spiro atoms. The number of esters is 1. The first-order chi connectivity index (χ1) is 20.9. The monoisotopic (exact) mass is 670 g/mol. The SMILES string of the molecule is CC(=CC1=C(C(=O)OC(c2ccccc2)c2ccccc2)N2C(=O)C(NC(=O)OC(C)(C)C)C2[S+]([O-])C1)OS(=O)(=O)C(F)(F)F. The fraction of sp³-hybridized carbons (Fsp3) is 0.345. The van der Waals surface area contributed by atoms with Crippen molar-refractivity contribution in [2.75, 3.05) is 5.75 Å². The number of nitrogens with one attached hydrogen (secondary N) is 1. The smallest absolute Gasteiger partial charge is 0.534 e. The summed E-state index contributed by atoms with van der Waals surface area (Å²) in [4.78, 5) is 40.5. The summed E-state index contributed by atoms with van der Waals surface area (Å²) < 4.78 is 90.6. The highest BCUT2D eigenvalue weighted by Gasteiger charge is 2.61. The number of alkyl carbamates (subject to hydrolysis) is 1. The van der Waals surface area contributed by atoms with Gasteiger partial charge in [0.25, 0.3) is 5.91 Å². The van der Waals surface area contributed by atoms with Crippen LogP contribution >= 0.6 is 0 Å². The maximum Gasteiger partial charge on any atom is 0.534 e. The summed E-state index contributed by atoms with van der Waals surface area (Å²) >= 11 is -2.03. The minimum atomic E-state index is -6.07. The van der Waals surface area contributed by atoms with E-state index in [0.29, 0.717) is 11.1 Å². The summed E-state index contributed by atoms with van der Waals surface area (Å²) in [5.74, 6) is -3.35. The summed E-state index contributed by atoms with van der Waals surface area (Å²) in [7, 11) is -6.07. The lowest BCUT2D eigenvalue weighted by molar-refractivity contribution is -0.154. The average molecular weight is 671 g/mol. The molecule has 3 unspecified atom stereocenters. The van der Waals surface area contributed by atoms with Gasteiger partial charge in [-0.05, 0) is 56.1 Å². The predicted octanol–water partition coefficient (Wildman–Crippen LogP) is 4.17. The number of β-lactam (4-membered cyclic amide) rings is 1. The molecule has 2 aliphatic rings. The quantitative estimate of drug-likeness (QED) is 0.109. The number of carbonyl (C=O) groups is 3. The van der Waals surface area contributed by atoms with Crippen molar-refractivity contribution < 1.29 is 54.2 Å². The first-order valence-electron chi connectivity index (χ1n) is 13.3. The molecule has 4 rings (SSSR count). The first kappa shape index (κ1) is 33.9. The second-order valence-corrected chi connectivity index (χ2v) is 14.0. The number of halogens is 3. The van der Waals surface area contributed by atoms with Gasteiger partial charge < -0.3 is 23.5 Å². The lowest BCUT2D eigenvalue weighted by atomic mass is 10.0. The number of carbonyl (C=O) groups excluding carboxylic acids is 3. The van der Waals surface area contributed by atoms with E-state index in [1.807, 2.05) is 0 Å². The second kappa shape index (κ2) is 12.8. The van der Waals surface area contributed by atoms with Crippen LogP contribution in [-0.2, 0) is 44.5 Å². The zero-order valence-electron chi connectivity index (χ0n) is 24.4. The third-order valence-corrected chi connectivity index (χ3v) is 9.02. The van der Waals surface area contributed by atoms with Gasteiger partial charge in [-0.3, -0.25) is 9.69 Å². The van der Waals surface area contributed by atoms with Crippen molar-refractivity contribution in [1.82, 2.24) is 10.2 Å². The molecule has 45 heavy (non-hydrogen) atoms. The molecular weight excluding hydrogens is 641 g/mol. The van der Waals surface area contributed by atoms with Gasteiger partial charge >= 0.3 is 27.7 Å². The van der Waals surface area contributed by atoms with Crippen molar-refractivity contribution in [3.8, 4) is 0 Å². The highest BCUT2D eigenvalue weighted by atomic mass is 32.2. The molecule has 2 heterocycles. The van der Waals surface area contributed by atoms with Crippen LogP contribution in [0.4, 0.5) is 18.0 Å². The minimum absolute atomic E-state index is 0.284. The molecule has 0 aromatic heterocycles. The van der Waals surface area contributed by atoms with E-state index < -0.39 is 85.1 Å². The van der Waals surface area contributed by atoms with E-state index in [9.17, 15) is 40.5 Å². The Morgan fingerprint density at radius 1 is 1.04 bits per heavy atom. The normalized spacial score (nSPS) is 20.7. The predicted molar refractivity (Wildman–Crippen MR) is 154 cm³/mol. The molecular formula is C29H29F3N2O9S2. The highest BCUT2D eigenvalue weighted by molar-refractivity contribution is 7.92. The molecule has 0 aliphatic carbocycles. The number of allylic oxidation sites excluding steroid dienone is 2. The number of rotatable bonds is 8. The average Bonchev–Trinajstić information content (AvgIpc) is 2.93. The van der Waals surface area contributed by atoms with Gasteiger partial charge in [-0.1, -0.05) is 60.7 Å². The lowest BCUT2D eigenvalue weighted by Crippen LogP contribution is -2.75. The summed E-state index contributed by atoms with van der Waals surface area (Å²) in [6.45, 7) is 5.66. The Balaban J connectivity index is 1.75. The molecule has 11 nitrogen and oxygen atoms in total. The molecule has 2 aliphatic heterocycles. The minimum Gasteiger partial charge on any atom is -0.614 e. The summed E-state index contributed by atoms with van der Waals surface area (Å²) in [5.41, 5.74) is -6.37. The number of nitrogens with zero attached hydrogens (tertiary/aromatic N) is 1. The second-order valence-electron chi connectivity index (χ2n) is 11.0. The molecule has 2 amide bonds. The molecule has 1 N–H and O–H groups in total. The Morgan fingerprint density at radius 2 is 1.58 bits per heavy atom. The van der Waals surface area contributed by atoms with E-state index in [0.717, 1.165) is 17.9 Å². The van der Waals surface area contributed by atoms with Crippen molar-refractivity contribution >= 4 is 39.3 Å². The number of fused-ring (bicyclic) bond motifs is 1. The summed E-state index contributed by atoms with van der Waals surface area (Å²) in [6, 6.07) is 15.7. The Morgan fingerprint density at radius 3 is 2.07 bits per heavy atom. The van der Waals surface area contributed by atoms with Crippen molar-refractivity contribution in [3.63, 3.8) is 0 Å². The number of amides is 2. The number of alkyl halides is 3. The third-order valence-electron chi connectivity index (χ3n) is 6.35. The van der Waals surface area contributed by atoms with Crippen LogP contribution in [0.3, 0.4) is 0 Å². The van der Waals surface area contributed by atoms with Crippen molar-refractivity contribution in [2.24, 2.45) is 0 Å². The Hall–Kier alpha value is -4.02. The van der Waals surface area contributed by atoms with Gasteiger partial charge in [0.2, 0.25) is 5.37 Å². The lowest BCUT2D eigenvalue weighted by Gasteiger charge is -2.49. The van der Waals surface area contributed by atoms with E-state index in [2.05, 4.69) is 9.50 Å². The number of ether oxygens (including phenoxy) is 2. The van der Waals surface area contributed by atoms with E-state index in [1.54, 1.807) is 81.4 Å². The van der Waals surface area contributed by atoms with Crippen molar-refractivity contribution in [3.05, 3.63) is 94.9 Å². The van der Waals surface area contributed by atoms with Crippen LogP contribution < -0.4 is 5.32 Å². The van der Waals surface area contributed by atoms with Crippen LogP contribution in [0, 0.1) is 0 Å². The van der Waals surface area contributed by atoms with Gasteiger partial charge in [-0.25, -0.2) is 9.59 Å². The van der Waals surface area contributed by atoms with Gasteiger partial charge in [-0.2, -0.15) is 21.6 Å². The van der Waals surface area contributed by atoms with E-state index in [-0.39, 0.29) is 5.57 Å². The summed E-state index contributed by atoms with van der Waals surface area (Å²) in [6.07, 6.45) is -1.22. The molecule has 0 bridgehead atoms. The molecule has 2 aromatic rings. The maximum absolute atomic E-state index is 13.9. The molecule has 1 fully saturated rings. The van der Waals surface area contributed by atoms with Gasteiger partial charge in [0.1, 0.15) is 22.8 Å². The fourth-order valence-electron chi connectivity index (χ4n) is 4.58. The van der Waals surface area contributed by atoms with Crippen molar-refractivity contribution in [2.45, 2.75) is 56.3 Å². The Bertz CT molecular complexity index is 1580. The molecule has 2 aromatic carbocycles. The van der Waals surface area contributed by atoms with Crippen LogP contribution in [0.15, 0.2) is 83.8 Å². The molecule has 3 atom stereocenters. The maximum atomic E-state index is 13.9. The third kappa shape index (κ3) is 7.62. The standard InChI is InChI=1S/C29H29F3N2O9S2/c1-17(43-45(39,40)29(30,31)32)15-20-16-44(38)25-21(33-27(37)42-28(2,3)4)24(35)34(25)22(20)26(36)41-23(18-11-7-5-8-12-18)19-13-9-6-10-14-19/h5-15,21,23,25H,16H2,1-4H3,(H,33,37). The van der Waals surface area contributed by atoms with Crippen LogP contribution in [0.2, 0.25) is 0 Å².